The number of fused-ring (bicyclic) bond motifs is 3. The highest BCUT2D eigenvalue weighted by Gasteiger charge is 2.20. The van der Waals surface area contributed by atoms with Gasteiger partial charge in [-0.25, -0.2) is 4.98 Å². The molecule has 1 amide bonds. The van der Waals surface area contributed by atoms with Gasteiger partial charge >= 0.3 is 0 Å². The number of benzene rings is 4. The molecule has 2 N–H and O–H groups in total. The van der Waals surface area contributed by atoms with Gasteiger partial charge in [-0.15, -0.1) is 0 Å². The molecule has 4 aromatic carbocycles. The summed E-state index contributed by atoms with van der Waals surface area (Å²) < 4.78 is 11.6. The summed E-state index contributed by atoms with van der Waals surface area (Å²) in [6, 6.07) is 28.2. The average molecular weight is 535 g/mol. The van der Waals surface area contributed by atoms with Crippen molar-refractivity contribution in [1.82, 2.24) is 10.3 Å². The van der Waals surface area contributed by atoms with E-state index in [4.69, 9.17) is 26.0 Å². The van der Waals surface area contributed by atoms with E-state index in [9.17, 15) is 14.9 Å². The van der Waals surface area contributed by atoms with Gasteiger partial charge < -0.3 is 14.2 Å². The number of para-hydroxylation sites is 1. The van der Waals surface area contributed by atoms with Crippen molar-refractivity contribution < 1.29 is 18.6 Å². The van der Waals surface area contributed by atoms with Crippen molar-refractivity contribution in [3.05, 3.63) is 113 Å². The van der Waals surface area contributed by atoms with Crippen LogP contribution in [0.5, 0.6) is 0 Å². The number of nitrogens with zero attached hydrogens (tertiary/aromatic N) is 2. The lowest BCUT2D eigenvalue weighted by Gasteiger charge is -2.09. The molecular weight excluding hydrogens is 516 g/mol. The summed E-state index contributed by atoms with van der Waals surface area (Å²) >= 11 is 5.32. The number of oxazole rings is 1. The predicted molar refractivity (Wildman–Crippen MR) is 151 cm³/mol. The van der Waals surface area contributed by atoms with Crippen molar-refractivity contribution in [2.45, 2.75) is 0 Å². The number of thiocarbonyl (C=S) groups is 1. The minimum atomic E-state index is -0.598. The standard InChI is InChI=1S/C29H18N4O5S/c34-27(25-15-14-23(37-25)21-10-3-4-11-22(21)33(35)36)32-29(39)30-19-8-5-7-18(16-19)28-31-26-20-9-2-1-6-17(20)12-13-24(26)38-28/h1-16H,(H2,30,32,34,39). The number of amides is 1. The zero-order chi connectivity index (χ0) is 26.9. The van der Waals surface area contributed by atoms with Gasteiger partial charge in [0.15, 0.2) is 16.5 Å². The topological polar surface area (TPSA) is 123 Å². The number of nitro benzene ring substituents is 1. The van der Waals surface area contributed by atoms with E-state index < -0.39 is 10.8 Å². The fraction of sp³-hybridized carbons (Fsp3) is 0. The molecule has 9 nitrogen and oxygen atoms in total. The van der Waals surface area contributed by atoms with E-state index in [1.54, 1.807) is 24.3 Å². The van der Waals surface area contributed by atoms with Gasteiger partial charge in [0.2, 0.25) is 5.89 Å². The van der Waals surface area contributed by atoms with Crippen molar-refractivity contribution in [3.63, 3.8) is 0 Å². The first kappa shape index (κ1) is 24.0. The third-order valence-corrected chi connectivity index (χ3v) is 6.28. The minimum absolute atomic E-state index is 0.0419. The number of hydrogen-bond donors (Lipinski definition) is 2. The Bertz CT molecular complexity index is 1910. The van der Waals surface area contributed by atoms with E-state index in [1.807, 2.05) is 54.6 Å². The maximum atomic E-state index is 12.7. The van der Waals surface area contributed by atoms with Crippen LogP contribution in [0.2, 0.25) is 0 Å². The Morgan fingerprint density at radius 3 is 2.59 bits per heavy atom. The number of anilines is 1. The minimum Gasteiger partial charge on any atom is -0.451 e. The van der Waals surface area contributed by atoms with Crippen LogP contribution in [0.4, 0.5) is 11.4 Å². The predicted octanol–water partition coefficient (Wildman–Crippen LogP) is 6.94. The summed E-state index contributed by atoms with van der Waals surface area (Å²) in [5.74, 6) is 0.0160. The van der Waals surface area contributed by atoms with E-state index in [0.717, 1.165) is 21.9 Å². The number of furan rings is 1. The van der Waals surface area contributed by atoms with E-state index in [1.165, 1.54) is 18.2 Å². The fourth-order valence-corrected chi connectivity index (χ4v) is 4.50. The molecule has 0 spiro atoms. The Morgan fingerprint density at radius 1 is 0.897 bits per heavy atom. The third kappa shape index (κ3) is 4.72. The quantitative estimate of drug-likeness (QED) is 0.138. The normalized spacial score (nSPS) is 11.0. The average Bonchev–Trinajstić information content (AvgIpc) is 3.61. The van der Waals surface area contributed by atoms with Gasteiger partial charge in [0.05, 0.1) is 10.5 Å². The molecule has 2 heterocycles. The number of aromatic nitrogens is 1. The third-order valence-electron chi connectivity index (χ3n) is 6.07. The molecule has 0 aliphatic carbocycles. The Labute approximate surface area is 226 Å². The molecule has 0 bridgehead atoms. The zero-order valence-electron chi connectivity index (χ0n) is 20.1. The maximum Gasteiger partial charge on any atom is 0.293 e. The molecule has 0 radical (unpaired) electrons. The van der Waals surface area contributed by atoms with Crippen LogP contribution in [0.15, 0.2) is 106 Å². The Morgan fingerprint density at radius 2 is 1.72 bits per heavy atom. The second kappa shape index (κ2) is 9.84. The molecule has 0 fully saturated rings. The van der Waals surface area contributed by atoms with Crippen molar-refractivity contribution in [3.8, 4) is 22.8 Å². The number of nitro groups is 1. The van der Waals surface area contributed by atoms with Crippen molar-refractivity contribution in [2.24, 2.45) is 0 Å². The van der Waals surface area contributed by atoms with Crippen LogP contribution in [0.3, 0.4) is 0 Å². The Balaban J connectivity index is 1.17. The van der Waals surface area contributed by atoms with Crippen molar-refractivity contribution >= 4 is 56.5 Å². The fourth-order valence-electron chi connectivity index (χ4n) is 4.29. The first-order valence-electron chi connectivity index (χ1n) is 11.8. The van der Waals surface area contributed by atoms with Gasteiger partial charge in [0, 0.05) is 22.7 Å². The summed E-state index contributed by atoms with van der Waals surface area (Å²) in [6.07, 6.45) is 0. The summed E-state index contributed by atoms with van der Waals surface area (Å²) in [7, 11) is 0. The van der Waals surface area contributed by atoms with Gasteiger partial charge in [0.1, 0.15) is 11.3 Å². The molecule has 39 heavy (non-hydrogen) atoms. The molecular formula is C29H18N4O5S. The van der Waals surface area contributed by atoms with Crippen LogP contribution in [0, 0.1) is 10.1 Å². The lowest BCUT2D eigenvalue weighted by atomic mass is 10.1. The smallest absolute Gasteiger partial charge is 0.293 e. The number of carbonyl (C=O) groups is 1. The number of rotatable bonds is 5. The molecule has 2 aromatic heterocycles. The van der Waals surface area contributed by atoms with E-state index in [-0.39, 0.29) is 27.9 Å². The highest BCUT2D eigenvalue weighted by atomic mass is 32.1. The van der Waals surface area contributed by atoms with Crippen LogP contribution < -0.4 is 10.6 Å². The summed E-state index contributed by atoms with van der Waals surface area (Å²) in [5.41, 5.74) is 2.96. The van der Waals surface area contributed by atoms with Gasteiger partial charge in [-0.1, -0.05) is 48.5 Å². The Kier molecular flexibility index (Phi) is 6.06. The maximum absolute atomic E-state index is 12.7. The molecule has 0 saturated heterocycles. The van der Waals surface area contributed by atoms with E-state index >= 15 is 0 Å². The number of nitrogens with one attached hydrogen (secondary N) is 2. The summed E-state index contributed by atoms with van der Waals surface area (Å²) in [4.78, 5) is 28.2. The molecule has 6 aromatic rings. The van der Waals surface area contributed by atoms with E-state index in [2.05, 4.69) is 10.6 Å². The monoisotopic (exact) mass is 534 g/mol. The molecule has 0 atom stereocenters. The second-order valence-corrected chi connectivity index (χ2v) is 8.99. The van der Waals surface area contributed by atoms with Crippen molar-refractivity contribution in [2.75, 3.05) is 5.32 Å². The molecule has 0 unspecified atom stereocenters. The lowest BCUT2D eigenvalue weighted by Crippen LogP contribution is -2.33. The molecule has 0 saturated carbocycles. The van der Waals surface area contributed by atoms with Crippen LogP contribution >= 0.6 is 12.2 Å². The largest absolute Gasteiger partial charge is 0.451 e. The molecule has 0 aliphatic heterocycles. The highest BCUT2D eigenvalue weighted by Crippen LogP contribution is 2.32. The first-order chi connectivity index (χ1) is 19.0. The van der Waals surface area contributed by atoms with Gasteiger partial charge in [-0.3, -0.25) is 20.2 Å². The van der Waals surface area contributed by atoms with Gasteiger partial charge in [-0.2, -0.15) is 0 Å². The molecule has 10 heteroatoms. The van der Waals surface area contributed by atoms with Gasteiger partial charge in [-0.05, 0) is 60.1 Å². The second-order valence-electron chi connectivity index (χ2n) is 8.58. The van der Waals surface area contributed by atoms with E-state index in [0.29, 0.717) is 17.2 Å². The summed E-state index contributed by atoms with van der Waals surface area (Å²) in [5, 5.41) is 19.0. The SMILES string of the molecule is O=C(NC(=S)Nc1cccc(-c2nc3c(ccc4ccccc43)o2)c1)c1ccc(-c2ccccc2[N+](=O)[O-])o1. The molecule has 6 rings (SSSR count). The van der Waals surface area contributed by atoms with Crippen LogP contribution in [0.1, 0.15) is 10.6 Å². The Hall–Kier alpha value is -5.35. The van der Waals surface area contributed by atoms with Crippen LogP contribution in [-0.4, -0.2) is 20.9 Å². The van der Waals surface area contributed by atoms with Crippen LogP contribution in [0.25, 0.3) is 44.7 Å². The van der Waals surface area contributed by atoms with Crippen molar-refractivity contribution in [1.29, 1.82) is 0 Å². The summed E-state index contributed by atoms with van der Waals surface area (Å²) in [6.45, 7) is 0. The number of hydrogen-bond acceptors (Lipinski definition) is 7. The van der Waals surface area contributed by atoms with Crippen LogP contribution in [-0.2, 0) is 0 Å². The first-order valence-corrected chi connectivity index (χ1v) is 12.2. The molecule has 190 valence electrons. The molecule has 0 aliphatic rings. The van der Waals surface area contributed by atoms with Gasteiger partial charge in [0.25, 0.3) is 11.6 Å². The highest BCUT2D eigenvalue weighted by molar-refractivity contribution is 7.80. The lowest BCUT2D eigenvalue weighted by molar-refractivity contribution is -0.384. The zero-order valence-corrected chi connectivity index (χ0v) is 20.9. The number of carbonyl (C=O) groups excluding carboxylic acids is 1.